The second-order valence-corrected chi connectivity index (χ2v) is 6.37. The molecule has 1 fully saturated rings. The van der Waals surface area contributed by atoms with E-state index in [0.717, 1.165) is 18.4 Å². The number of hydrogen-bond donors (Lipinski definition) is 1. The monoisotopic (exact) mass is 309 g/mol. The van der Waals surface area contributed by atoms with Crippen LogP contribution >= 0.6 is 0 Å². The molecule has 0 aromatic heterocycles. The summed E-state index contributed by atoms with van der Waals surface area (Å²) in [5.41, 5.74) is 1.98. The lowest BCUT2D eigenvalue weighted by Crippen LogP contribution is -2.35. The molecule has 1 saturated carbocycles. The molecule has 0 saturated heterocycles. The van der Waals surface area contributed by atoms with Gasteiger partial charge in [0.15, 0.2) is 0 Å². The van der Waals surface area contributed by atoms with E-state index in [1.165, 1.54) is 5.56 Å². The summed E-state index contributed by atoms with van der Waals surface area (Å²) in [4.78, 5) is 14.5. The molecule has 0 aliphatic heterocycles. The summed E-state index contributed by atoms with van der Waals surface area (Å²) in [6, 6.07) is 19.9. The normalized spacial score (nSPS) is 23.7. The molecule has 3 atom stereocenters. The lowest BCUT2D eigenvalue weighted by atomic mass is 9.89. The number of carbonyl (C=O) groups is 1. The Hall–Kier alpha value is -2.13. The van der Waals surface area contributed by atoms with Crippen molar-refractivity contribution in [2.24, 2.45) is 5.92 Å². The second kappa shape index (κ2) is 6.97. The molecule has 2 aromatic rings. The number of rotatable bonds is 4. The minimum absolute atomic E-state index is 0.0565. The number of aliphatic hydroxyl groups is 1. The van der Waals surface area contributed by atoms with Crippen molar-refractivity contribution >= 4 is 5.91 Å². The standard InChI is InChI=1S/C20H23NO2/c1-21(20(23)16-10-6-3-7-11-16)18-12-17(14-22)19(13-18)15-8-4-2-5-9-15/h2-11,17-19,22H,12-14H2,1H3. The maximum Gasteiger partial charge on any atom is 0.253 e. The van der Waals surface area contributed by atoms with E-state index in [2.05, 4.69) is 12.1 Å². The summed E-state index contributed by atoms with van der Waals surface area (Å²) in [7, 11) is 1.88. The van der Waals surface area contributed by atoms with E-state index in [1.54, 1.807) is 0 Å². The number of hydrogen-bond acceptors (Lipinski definition) is 2. The third-order valence-corrected chi connectivity index (χ3v) is 5.02. The Morgan fingerprint density at radius 3 is 2.26 bits per heavy atom. The second-order valence-electron chi connectivity index (χ2n) is 6.37. The predicted molar refractivity (Wildman–Crippen MR) is 91.3 cm³/mol. The van der Waals surface area contributed by atoms with Gasteiger partial charge in [-0.1, -0.05) is 48.5 Å². The minimum Gasteiger partial charge on any atom is -0.396 e. The lowest BCUT2D eigenvalue weighted by molar-refractivity contribution is 0.0728. The maximum absolute atomic E-state index is 12.6. The number of benzene rings is 2. The van der Waals surface area contributed by atoms with Crippen molar-refractivity contribution in [2.75, 3.05) is 13.7 Å². The van der Waals surface area contributed by atoms with Crippen LogP contribution in [0.1, 0.15) is 34.7 Å². The van der Waals surface area contributed by atoms with Crippen LogP contribution in [0.2, 0.25) is 0 Å². The summed E-state index contributed by atoms with van der Waals surface area (Å²) < 4.78 is 0. The Morgan fingerprint density at radius 1 is 1.04 bits per heavy atom. The van der Waals surface area contributed by atoms with Crippen LogP contribution in [0.3, 0.4) is 0 Å². The molecule has 2 aromatic carbocycles. The van der Waals surface area contributed by atoms with Crippen molar-refractivity contribution < 1.29 is 9.90 Å². The van der Waals surface area contributed by atoms with Gasteiger partial charge >= 0.3 is 0 Å². The highest BCUT2D eigenvalue weighted by molar-refractivity contribution is 5.94. The Labute approximate surface area is 137 Å². The zero-order valence-electron chi connectivity index (χ0n) is 13.4. The Kier molecular flexibility index (Phi) is 4.77. The molecule has 120 valence electrons. The van der Waals surface area contributed by atoms with E-state index < -0.39 is 0 Å². The van der Waals surface area contributed by atoms with Crippen LogP contribution < -0.4 is 0 Å². The molecule has 0 spiro atoms. The third kappa shape index (κ3) is 3.30. The Balaban J connectivity index is 1.75. The first-order chi connectivity index (χ1) is 11.2. The molecule has 3 unspecified atom stereocenters. The summed E-state index contributed by atoms with van der Waals surface area (Å²) in [5, 5.41) is 9.75. The first kappa shape index (κ1) is 15.8. The molecule has 23 heavy (non-hydrogen) atoms. The minimum atomic E-state index is 0.0565. The van der Waals surface area contributed by atoms with Gasteiger partial charge in [-0.15, -0.1) is 0 Å². The van der Waals surface area contributed by atoms with Crippen molar-refractivity contribution in [3.8, 4) is 0 Å². The molecule has 3 rings (SSSR count). The number of amides is 1. The molecule has 3 heteroatoms. The highest BCUT2D eigenvalue weighted by atomic mass is 16.3. The zero-order chi connectivity index (χ0) is 16.2. The quantitative estimate of drug-likeness (QED) is 0.941. The first-order valence-corrected chi connectivity index (χ1v) is 8.18. The van der Waals surface area contributed by atoms with Crippen LogP contribution in [0.15, 0.2) is 60.7 Å². The van der Waals surface area contributed by atoms with Crippen molar-refractivity contribution in [3.63, 3.8) is 0 Å². The fraction of sp³-hybridized carbons (Fsp3) is 0.350. The average Bonchev–Trinajstić information content (AvgIpc) is 3.06. The van der Waals surface area contributed by atoms with Crippen LogP contribution in [0.4, 0.5) is 0 Å². The van der Waals surface area contributed by atoms with Gasteiger partial charge in [-0.05, 0) is 42.4 Å². The fourth-order valence-corrected chi connectivity index (χ4v) is 3.67. The van der Waals surface area contributed by atoms with Gasteiger partial charge in [-0.3, -0.25) is 4.79 Å². The van der Waals surface area contributed by atoms with Crippen molar-refractivity contribution in [1.29, 1.82) is 0 Å². The van der Waals surface area contributed by atoms with Gasteiger partial charge in [0.25, 0.3) is 5.91 Å². The van der Waals surface area contributed by atoms with E-state index in [-0.39, 0.29) is 24.5 Å². The van der Waals surface area contributed by atoms with Gasteiger partial charge in [0.2, 0.25) is 0 Å². The van der Waals surface area contributed by atoms with E-state index in [9.17, 15) is 9.90 Å². The molecule has 1 aliphatic carbocycles. The molecule has 1 N–H and O–H groups in total. The molecular formula is C20H23NO2. The molecule has 3 nitrogen and oxygen atoms in total. The topological polar surface area (TPSA) is 40.5 Å². The average molecular weight is 309 g/mol. The van der Waals surface area contributed by atoms with Gasteiger partial charge < -0.3 is 10.0 Å². The smallest absolute Gasteiger partial charge is 0.253 e. The van der Waals surface area contributed by atoms with Crippen LogP contribution in [0.5, 0.6) is 0 Å². The SMILES string of the molecule is CN(C(=O)c1ccccc1)C1CC(CO)C(c2ccccc2)C1. The largest absolute Gasteiger partial charge is 0.396 e. The highest BCUT2D eigenvalue weighted by Gasteiger charge is 2.37. The molecule has 1 aliphatic rings. The summed E-state index contributed by atoms with van der Waals surface area (Å²) in [6.45, 7) is 0.170. The van der Waals surface area contributed by atoms with E-state index in [1.807, 2.05) is 60.5 Å². The van der Waals surface area contributed by atoms with Crippen LogP contribution in [0.25, 0.3) is 0 Å². The number of carbonyl (C=O) groups excluding carboxylic acids is 1. The fourth-order valence-electron chi connectivity index (χ4n) is 3.67. The summed E-state index contributed by atoms with van der Waals surface area (Å²) in [6.07, 6.45) is 1.76. The van der Waals surface area contributed by atoms with Crippen molar-refractivity contribution in [3.05, 3.63) is 71.8 Å². The maximum atomic E-state index is 12.6. The van der Waals surface area contributed by atoms with Crippen molar-refractivity contribution in [1.82, 2.24) is 4.90 Å². The van der Waals surface area contributed by atoms with Crippen molar-refractivity contribution in [2.45, 2.75) is 24.8 Å². The predicted octanol–water partition coefficient (Wildman–Crippen LogP) is 3.31. The van der Waals surface area contributed by atoms with Crippen LogP contribution in [-0.4, -0.2) is 35.6 Å². The molecular weight excluding hydrogens is 286 g/mol. The molecule has 0 heterocycles. The molecule has 0 radical (unpaired) electrons. The number of nitrogens with zero attached hydrogens (tertiary/aromatic N) is 1. The molecule has 0 bridgehead atoms. The van der Waals surface area contributed by atoms with E-state index in [4.69, 9.17) is 0 Å². The van der Waals surface area contributed by atoms with Crippen LogP contribution in [-0.2, 0) is 0 Å². The Bertz CT molecular complexity index is 641. The highest BCUT2D eigenvalue weighted by Crippen LogP contribution is 2.41. The van der Waals surface area contributed by atoms with Gasteiger partial charge in [-0.2, -0.15) is 0 Å². The van der Waals surface area contributed by atoms with Gasteiger partial charge in [-0.25, -0.2) is 0 Å². The van der Waals surface area contributed by atoms with Gasteiger partial charge in [0.1, 0.15) is 0 Å². The summed E-state index contributed by atoms with van der Waals surface area (Å²) >= 11 is 0. The third-order valence-electron chi connectivity index (χ3n) is 5.02. The van der Waals surface area contributed by atoms with E-state index in [0.29, 0.717) is 5.92 Å². The van der Waals surface area contributed by atoms with Gasteiger partial charge in [0.05, 0.1) is 0 Å². The number of aliphatic hydroxyl groups excluding tert-OH is 1. The van der Waals surface area contributed by atoms with Gasteiger partial charge in [0, 0.05) is 25.3 Å². The first-order valence-electron chi connectivity index (χ1n) is 8.18. The zero-order valence-corrected chi connectivity index (χ0v) is 13.4. The van der Waals surface area contributed by atoms with Crippen LogP contribution in [0, 0.1) is 5.92 Å². The molecule has 1 amide bonds. The lowest BCUT2D eigenvalue weighted by Gasteiger charge is -2.25. The summed E-state index contributed by atoms with van der Waals surface area (Å²) in [5.74, 6) is 0.589. The van der Waals surface area contributed by atoms with E-state index >= 15 is 0 Å². The Morgan fingerprint density at radius 2 is 1.65 bits per heavy atom.